The normalized spacial score (nSPS) is 13.0. The third-order valence-corrected chi connectivity index (χ3v) is 3.57. The molecule has 0 saturated heterocycles. The summed E-state index contributed by atoms with van der Waals surface area (Å²) in [5.74, 6) is 1.87. The first-order chi connectivity index (χ1) is 10.3. The van der Waals surface area contributed by atoms with Gasteiger partial charge in [0, 0.05) is 18.4 Å². The van der Waals surface area contributed by atoms with Crippen molar-refractivity contribution in [1.29, 1.82) is 0 Å². The number of rotatable bonds is 6. The molecule has 0 bridgehead atoms. The van der Waals surface area contributed by atoms with Crippen LogP contribution in [0.3, 0.4) is 0 Å². The summed E-state index contributed by atoms with van der Waals surface area (Å²) in [6.07, 6.45) is 2.29. The Labute approximate surface area is 124 Å². The van der Waals surface area contributed by atoms with Gasteiger partial charge in [-0.2, -0.15) is 0 Å². The Hall–Kier alpha value is -2.29. The first kappa shape index (κ1) is 13.7. The maximum atomic E-state index is 11.7. The van der Waals surface area contributed by atoms with E-state index in [0.717, 1.165) is 35.5 Å². The highest BCUT2D eigenvalue weighted by molar-refractivity contribution is 6.00. The van der Waals surface area contributed by atoms with E-state index >= 15 is 0 Å². The van der Waals surface area contributed by atoms with E-state index in [1.807, 2.05) is 48.5 Å². The molecule has 0 heterocycles. The van der Waals surface area contributed by atoms with Crippen molar-refractivity contribution in [3.63, 3.8) is 0 Å². The lowest BCUT2D eigenvalue weighted by Gasteiger charge is -2.09. The zero-order chi connectivity index (χ0) is 14.5. The Bertz CT molecular complexity index is 620. The van der Waals surface area contributed by atoms with Crippen LogP contribution in [0.1, 0.15) is 28.8 Å². The number of benzene rings is 2. The van der Waals surface area contributed by atoms with Crippen molar-refractivity contribution < 1.29 is 14.3 Å². The summed E-state index contributed by atoms with van der Waals surface area (Å²) >= 11 is 0. The second-order valence-corrected chi connectivity index (χ2v) is 5.11. The van der Waals surface area contributed by atoms with E-state index < -0.39 is 0 Å². The van der Waals surface area contributed by atoms with Crippen LogP contribution in [0.15, 0.2) is 48.5 Å². The number of hydrogen-bond donors (Lipinski definition) is 0. The van der Waals surface area contributed by atoms with Gasteiger partial charge in [-0.15, -0.1) is 0 Å². The molecule has 0 aromatic heterocycles. The highest BCUT2D eigenvalue weighted by Crippen LogP contribution is 2.26. The van der Waals surface area contributed by atoms with Gasteiger partial charge in [0.25, 0.3) is 0 Å². The summed E-state index contributed by atoms with van der Waals surface area (Å²) in [5, 5.41) is 0. The molecule has 0 fully saturated rings. The van der Waals surface area contributed by atoms with E-state index in [2.05, 4.69) is 0 Å². The van der Waals surface area contributed by atoms with E-state index in [1.54, 1.807) is 0 Å². The third kappa shape index (κ3) is 3.43. The van der Waals surface area contributed by atoms with Gasteiger partial charge in [-0.05, 0) is 36.2 Å². The van der Waals surface area contributed by atoms with Gasteiger partial charge in [-0.25, -0.2) is 0 Å². The molecular weight excluding hydrogens is 264 g/mol. The van der Waals surface area contributed by atoms with Gasteiger partial charge >= 0.3 is 0 Å². The topological polar surface area (TPSA) is 35.5 Å². The van der Waals surface area contributed by atoms with E-state index in [-0.39, 0.29) is 5.78 Å². The Morgan fingerprint density at radius 3 is 2.43 bits per heavy atom. The Morgan fingerprint density at radius 2 is 1.62 bits per heavy atom. The molecule has 0 unspecified atom stereocenters. The number of carbonyl (C=O) groups is 1. The van der Waals surface area contributed by atoms with E-state index in [0.29, 0.717) is 19.6 Å². The molecule has 0 amide bonds. The number of aryl methyl sites for hydroxylation is 1. The number of Topliss-reactive ketones (excluding diaryl/α,β-unsaturated/α-hetero) is 1. The molecule has 3 rings (SSSR count). The lowest BCUT2D eigenvalue weighted by molar-refractivity contribution is 0.0994. The molecule has 0 N–H and O–H groups in total. The van der Waals surface area contributed by atoms with Gasteiger partial charge in [-0.1, -0.05) is 24.3 Å². The number of para-hydroxylation sites is 1. The molecule has 0 atom stereocenters. The average Bonchev–Trinajstić information content (AvgIpc) is 2.89. The number of fused-ring (bicyclic) bond motifs is 1. The van der Waals surface area contributed by atoms with Crippen molar-refractivity contribution in [2.24, 2.45) is 0 Å². The van der Waals surface area contributed by atoms with Crippen LogP contribution >= 0.6 is 0 Å². The molecule has 1 aliphatic rings. The van der Waals surface area contributed by atoms with Gasteiger partial charge in [-0.3, -0.25) is 4.79 Å². The number of ether oxygens (including phenoxy) is 2. The van der Waals surface area contributed by atoms with Crippen LogP contribution in [-0.2, 0) is 6.42 Å². The van der Waals surface area contributed by atoms with Gasteiger partial charge < -0.3 is 9.47 Å². The van der Waals surface area contributed by atoms with Crippen LogP contribution < -0.4 is 9.47 Å². The van der Waals surface area contributed by atoms with E-state index in [9.17, 15) is 4.79 Å². The molecule has 3 heteroatoms. The quantitative estimate of drug-likeness (QED) is 0.758. The van der Waals surface area contributed by atoms with Crippen LogP contribution in [0.5, 0.6) is 11.5 Å². The van der Waals surface area contributed by atoms with Crippen molar-refractivity contribution in [3.8, 4) is 11.5 Å². The molecule has 1 aliphatic carbocycles. The molecule has 21 heavy (non-hydrogen) atoms. The molecular formula is C18H18O3. The summed E-state index contributed by atoms with van der Waals surface area (Å²) in [5.41, 5.74) is 1.97. The Kier molecular flexibility index (Phi) is 4.20. The van der Waals surface area contributed by atoms with Crippen molar-refractivity contribution in [2.45, 2.75) is 19.3 Å². The van der Waals surface area contributed by atoms with Crippen molar-refractivity contribution in [3.05, 3.63) is 59.7 Å². The minimum atomic E-state index is 0.225. The second-order valence-electron chi connectivity index (χ2n) is 5.11. The molecule has 0 aliphatic heterocycles. The summed E-state index contributed by atoms with van der Waals surface area (Å²) in [6, 6.07) is 15.5. The highest BCUT2D eigenvalue weighted by atomic mass is 16.5. The maximum absolute atomic E-state index is 11.7. The molecule has 3 nitrogen and oxygen atoms in total. The Balaban J connectivity index is 1.44. The molecule has 2 aromatic carbocycles. The van der Waals surface area contributed by atoms with Crippen LogP contribution in [0.25, 0.3) is 0 Å². The molecule has 0 radical (unpaired) electrons. The van der Waals surface area contributed by atoms with Gasteiger partial charge in [0.1, 0.15) is 11.5 Å². The van der Waals surface area contributed by atoms with Gasteiger partial charge in [0.15, 0.2) is 5.78 Å². The molecule has 0 saturated carbocycles. The van der Waals surface area contributed by atoms with Crippen LogP contribution in [0.4, 0.5) is 0 Å². The van der Waals surface area contributed by atoms with E-state index in [4.69, 9.17) is 9.47 Å². The largest absolute Gasteiger partial charge is 0.493 e. The minimum absolute atomic E-state index is 0.225. The monoisotopic (exact) mass is 282 g/mol. The minimum Gasteiger partial charge on any atom is -0.493 e. The smallest absolute Gasteiger partial charge is 0.163 e. The zero-order valence-corrected chi connectivity index (χ0v) is 11.9. The van der Waals surface area contributed by atoms with Crippen molar-refractivity contribution >= 4 is 5.78 Å². The first-order valence-electron chi connectivity index (χ1n) is 7.30. The zero-order valence-electron chi connectivity index (χ0n) is 11.9. The first-order valence-corrected chi connectivity index (χ1v) is 7.30. The molecule has 0 spiro atoms. The summed E-state index contributed by atoms with van der Waals surface area (Å²) in [7, 11) is 0. The van der Waals surface area contributed by atoms with Crippen LogP contribution in [0.2, 0.25) is 0 Å². The lowest BCUT2D eigenvalue weighted by atomic mass is 10.1. The Morgan fingerprint density at radius 1 is 0.857 bits per heavy atom. The fourth-order valence-electron chi connectivity index (χ4n) is 2.46. The molecule has 2 aromatic rings. The van der Waals surface area contributed by atoms with Crippen molar-refractivity contribution in [1.82, 2.24) is 0 Å². The fraction of sp³-hybridized carbons (Fsp3) is 0.278. The second kappa shape index (κ2) is 6.44. The number of hydrogen-bond acceptors (Lipinski definition) is 3. The van der Waals surface area contributed by atoms with Crippen LogP contribution in [0, 0.1) is 0 Å². The standard InChI is InChI=1S/C18H18O3/c19-18-10-8-14-7-9-16(13-17(14)18)21-12-4-11-20-15-5-2-1-3-6-15/h1-3,5-7,9,13H,4,8,10-12H2. The summed E-state index contributed by atoms with van der Waals surface area (Å²) in [4.78, 5) is 11.7. The predicted molar refractivity (Wildman–Crippen MR) is 81.1 cm³/mol. The highest BCUT2D eigenvalue weighted by Gasteiger charge is 2.19. The average molecular weight is 282 g/mol. The predicted octanol–water partition coefficient (Wildman–Crippen LogP) is 3.66. The van der Waals surface area contributed by atoms with Gasteiger partial charge in [0.05, 0.1) is 13.2 Å². The fourth-order valence-corrected chi connectivity index (χ4v) is 2.46. The van der Waals surface area contributed by atoms with E-state index in [1.165, 1.54) is 0 Å². The van der Waals surface area contributed by atoms with Gasteiger partial charge in [0.2, 0.25) is 0 Å². The number of ketones is 1. The number of carbonyl (C=O) groups excluding carboxylic acids is 1. The summed E-state index contributed by atoms with van der Waals surface area (Å²) in [6.45, 7) is 1.20. The third-order valence-electron chi connectivity index (χ3n) is 3.57. The summed E-state index contributed by atoms with van der Waals surface area (Å²) < 4.78 is 11.3. The van der Waals surface area contributed by atoms with Crippen molar-refractivity contribution in [2.75, 3.05) is 13.2 Å². The van der Waals surface area contributed by atoms with Crippen LogP contribution in [-0.4, -0.2) is 19.0 Å². The SMILES string of the molecule is O=C1CCc2ccc(OCCCOc3ccccc3)cc21. The lowest BCUT2D eigenvalue weighted by Crippen LogP contribution is -2.05. The maximum Gasteiger partial charge on any atom is 0.163 e. The molecule has 108 valence electrons.